The van der Waals surface area contributed by atoms with Gasteiger partial charge in [-0.25, -0.2) is 0 Å². The minimum absolute atomic E-state index is 0. The molecule has 1 aromatic carbocycles. The highest BCUT2D eigenvalue weighted by Crippen LogP contribution is 2.26. The lowest BCUT2D eigenvalue weighted by Crippen LogP contribution is -2.24. The van der Waals surface area contributed by atoms with E-state index in [4.69, 9.17) is 5.73 Å². The number of hydrogen-bond acceptors (Lipinski definition) is 2. The largest absolute Gasteiger partial charge is 0.327 e. The summed E-state index contributed by atoms with van der Waals surface area (Å²) in [5.41, 5.74) is 7.57. The van der Waals surface area contributed by atoms with E-state index in [0.717, 1.165) is 12.8 Å². The average molecular weight is 249 g/mol. The summed E-state index contributed by atoms with van der Waals surface area (Å²) in [6.07, 6.45) is 2.10. The van der Waals surface area contributed by atoms with E-state index in [2.05, 4.69) is 43.5 Å². The van der Waals surface area contributed by atoms with Gasteiger partial charge in [0.2, 0.25) is 0 Å². The van der Waals surface area contributed by atoms with Crippen molar-refractivity contribution in [3.63, 3.8) is 0 Å². The Labute approximate surface area is 109 Å². The van der Waals surface area contributed by atoms with Crippen LogP contribution >= 0.6 is 11.3 Å². The van der Waals surface area contributed by atoms with Gasteiger partial charge in [-0.2, -0.15) is 0 Å². The molecule has 0 spiro atoms. The Morgan fingerprint density at radius 2 is 1.94 bits per heavy atom. The molecule has 1 aromatic heterocycles. The third-order valence-electron chi connectivity index (χ3n) is 2.82. The zero-order valence-corrected chi connectivity index (χ0v) is 10.8. The maximum atomic E-state index is 6.16. The van der Waals surface area contributed by atoms with Crippen molar-refractivity contribution in [3.8, 4) is 0 Å². The second-order valence-electron chi connectivity index (χ2n) is 4.85. The predicted molar refractivity (Wildman–Crippen MR) is 79.7 cm³/mol. The van der Waals surface area contributed by atoms with Crippen molar-refractivity contribution in [2.24, 2.45) is 11.7 Å². The van der Waals surface area contributed by atoms with Gasteiger partial charge in [0, 0.05) is 10.7 Å². The minimum atomic E-state index is 0. The van der Waals surface area contributed by atoms with E-state index in [1.165, 1.54) is 15.6 Å². The Hall–Kier alpha value is -0.860. The number of fused-ring (bicyclic) bond motifs is 1. The van der Waals surface area contributed by atoms with Gasteiger partial charge in [0.25, 0.3) is 0 Å². The number of nitrogens with two attached hydrogens (primary N) is 1. The van der Waals surface area contributed by atoms with Gasteiger partial charge in [0.05, 0.1) is 0 Å². The van der Waals surface area contributed by atoms with Crippen molar-refractivity contribution in [1.82, 2.24) is 0 Å². The van der Waals surface area contributed by atoms with Crippen LogP contribution in [0.4, 0.5) is 0 Å². The van der Waals surface area contributed by atoms with E-state index in [1.807, 2.05) is 11.3 Å². The van der Waals surface area contributed by atoms with E-state index >= 15 is 0 Å². The Kier molecular flexibility index (Phi) is 5.16. The molecule has 2 N–H and O–H groups in total. The molecule has 2 heteroatoms. The average Bonchev–Trinajstić information content (AvgIpc) is 2.61. The second-order valence-corrected chi connectivity index (χ2v) is 5.76. The van der Waals surface area contributed by atoms with Gasteiger partial charge in [-0.05, 0) is 41.2 Å². The Morgan fingerprint density at radius 3 is 2.65 bits per heavy atom. The van der Waals surface area contributed by atoms with E-state index in [1.54, 1.807) is 0 Å². The van der Waals surface area contributed by atoms with Crippen molar-refractivity contribution in [2.75, 3.05) is 0 Å². The van der Waals surface area contributed by atoms with Crippen molar-refractivity contribution < 1.29 is 0 Å². The predicted octanol–water partition coefficient (Wildman–Crippen LogP) is 4.45. The lowest BCUT2D eigenvalue weighted by Gasteiger charge is -2.13. The first-order chi connectivity index (χ1) is 7.66. The van der Waals surface area contributed by atoms with Gasteiger partial charge in [-0.1, -0.05) is 39.5 Å². The Bertz CT molecular complexity index is 459. The summed E-state index contributed by atoms with van der Waals surface area (Å²) in [6, 6.07) is 8.86. The number of thiophene rings is 1. The first kappa shape index (κ1) is 14.2. The third kappa shape index (κ3) is 3.55. The zero-order valence-electron chi connectivity index (χ0n) is 9.94. The van der Waals surface area contributed by atoms with Gasteiger partial charge in [-0.3, -0.25) is 0 Å². The highest BCUT2D eigenvalue weighted by Gasteiger charge is 2.10. The quantitative estimate of drug-likeness (QED) is 0.851. The second kappa shape index (κ2) is 6.18. The Balaban J connectivity index is 0.00000144. The zero-order chi connectivity index (χ0) is 11.5. The summed E-state index contributed by atoms with van der Waals surface area (Å²) >= 11 is 1.82. The summed E-state index contributed by atoms with van der Waals surface area (Å²) in [4.78, 5) is 0. The lowest BCUT2D eigenvalue weighted by atomic mass is 9.98. The fourth-order valence-corrected chi connectivity index (χ4v) is 3.14. The SMILES string of the molecule is C.CC(C)CC(N)Cc1csc2ccccc12. The van der Waals surface area contributed by atoms with Crippen LogP contribution in [0.25, 0.3) is 10.1 Å². The van der Waals surface area contributed by atoms with Crippen molar-refractivity contribution >= 4 is 21.4 Å². The van der Waals surface area contributed by atoms with Crippen LogP contribution in [0.2, 0.25) is 0 Å². The maximum absolute atomic E-state index is 6.16. The molecule has 94 valence electrons. The van der Waals surface area contributed by atoms with Crippen LogP contribution in [-0.2, 0) is 6.42 Å². The normalized spacial score (nSPS) is 12.7. The number of hydrogen-bond donors (Lipinski definition) is 1. The lowest BCUT2D eigenvalue weighted by molar-refractivity contribution is 0.494. The molecule has 2 aromatic rings. The summed E-state index contributed by atoms with van der Waals surface area (Å²) < 4.78 is 1.37. The smallest absolute Gasteiger partial charge is 0.0345 e. The Morgan fingerprint density at radius 1 is 1.24 bits per heavy atom. The minimum Gasteiger partial charge on any atom is -0.327 e. The molecule has 17 heavy (non-hydrogen) atoms. The molecule has 1 atom stereocenters. The molecular weight excluding hydrogens is 226 g/mol. The monoisotopic (exact) mass is 249 g/mol. The molecule has 0 saturated carbocycles. The van der Waals surface area contributed by atoms with Gasteiger partial charge < -0.3 is 5.73 Å². The van der Waals surface area contributed by atoms with Crippen molar-refractivity contribution in [2.45, 2.75) is 40.2 Å². The molecule has 2 rings (SSSR count). The van der Waals surface area contributed by atoms with Gasteiger partial charge in [0.1, 0.15) is 0 Å². The molecule has 1 heterocycles. The van der Waals surface area contributed by atoms with Gasteiger partial charge in [0.15, 0.2) is 0 Å². The highest BCUT2D eigenvalue weighted by atomic mass is 32.1. The standard InChI is InChI=1S/C14H19NS.CH4/c1-10(2)7-12(15)8-11-9-16-14-6-4-3-5-13(11)14;/h3-6,9-10,12H,7-8,15H2,1-2H3;1H4. The molecule has 0 aliphatic heterocycles. The van der Waals surface area contributed by atoms with E-state index in [9.17, 15) is 0 Å². The molecule has 0 radical (unpaired) electrons. The summed E-state index contributed by atoms with van der Waals surface area (Å²) in [6.45, 7) is 4.46. The number of benzene rings is 1. The molecule has 0 amide bonds. The highest BCUT2D eigenvalue weighted by molar-refractivity contribution is 7.17. The molecule has 0 fully saturated rings. The topological polar surface area (TPSA) is 26.0 Å². The van der Waals surface area contributed by atoms with E-state index in [0.29, 0.717) is 5.92 Å². The first-order valence-electron chi connectivity index (χ1n) is 5.87. The molecule has 0 saturated heterocycles. The molecule has 0 bridgehead atoms. The maximum Gasteiger partial charge on any atom is 0.0345 e. The third-order valence-corrected chi connectivity index (χ3v) is 3.83. The van der Waals surface area contributed by atoms with Crippen molar-refractivity contribution in [1.29, 1.82) is 0 Å². The molecule has 1 unspecified atom stereocenters. The van der Waals surface area contributed by atoms with Crippen molar-refractivity contribution in [3.05, 3.63) is 35.2 Å². The van der Waals surface area contributed by atoms with Crippen LogP contribution in [0.5, 0.6) is 0 Å². The molecule has 1 nitrogen and oxygen atoms in total. The summed E-state index contributed by atoms with van der Waals surface area (Å²) in [7, 11) is 0. The number of rotatable bonds is 4. The van der Waals surface area contributed by atoms with Crippen LogP contribution in [0.1, 0.15) is 33.3 Å². The summed E-state index contributed by atoms with van der Waals surface area (Å²) in [5.74, 6) is 0.680. The fraction of sp³-hybridized carbons (Fsp3) is 0.467. The molecule has 0 aliphatic carbocycles. The molecular formula is C15H23NS. The van der Waals surface area contributed by atoms with E-state index in [-0.39, 0.29) is 13.5 Å². The van der Waals surface area contributed by atoms with Gasteiger partial charge >= 0.3 is 0 Å². The van der Waals surface area contributed by atoms with Crippen LogP contribution in [0.15, 0.2) is 29.6 Å². The fourth-order valence-electron chi connectivity index (χ4n) is 2.16. The van der Waals surface area contributed by atoms with Crippen LogP contribution < -0.4 is 5.73 Å². The van der Waals surface area contributed by atoms with Gasteiger partial charge in [-0.15, -0.1) is 11.3 Å². The first-order valence-corrected chi connectivity index (χ1v) is 6.75. The summed E-state index contributed by atoms with van der Waals surface area (Å²) in [5, 5.41) is 3.64. The van der Waals surface area contributed by atoms with Crippen LogP contribution in [0, 0.1) is 5.92 Å². The van der Waals surface area contributed by atoms with E-state index < -0.39 is 0 Å². The van der Waals surface area contributed by atoms with Crippen LogP contribution in [0.3, 0.4) is 0 Å². The van der Waals surface area contributed by atoms with Crippen LogP contribution in [-0.4, -0.2) is 6.04 Å². The molecule has 0 aliphatic rings.